The predicted molar refractivity (Wildman–Crippen MR) is 101 cm³/mol. The number of likely N-dealkylation sites (N-methyl/N-ethyl adjacent to an activating group) is 1. The summed E-state index contributed by atoms with van der Waals surface area (Å²) in [6, 6.07) is 4.92. The maximum absolute atomic E-state index is 12.8. The normalized spacial score (nSPS) is 24.1. The first-order valence-electron chi connectivity index (χ1n) is 9.36. The van der Waals surface area contributed by atoms with Crippen LogP contribution >= 0.6 is 11.6 Å². The molecule has 2 saturated heterocycles. The van der Waals surface area contributed by atoms with E-state index in [1.165, 1.54) is 27.8 Å². The number of likely N-dealkylation sites (tertiary alicyclic amines) is 1. The first-order valence-corrected chi connectivity index (χ1v) is 11.2. The number of carbonyl (C=O) groups excluding carboxylic acids is 1. The van der Waals surface area contributed by atoms with Gasteiger partial charge in [0.2, 0.25) is 10.0 Å². The first kappa shape index (κ1) is 19.6. The molecule has 0 aliphatic carbocycles. The van der Waals surface area contributed by atoms with E-state index in [0.717, 1.165) is 32.4 Å². The van der Waals surface area contributed by atoms with Gasteiger partial charge in [-0.25, -0.2) is 8.42 Å². The third-order valence-electron chi connectivity index (χ3n) is 5.47. The lowest BCUT2D eigenvalue weighted by molar-refractivity contribution is -0.909. The van der Waals surface area contributed by atoms with Crippen LogP contribution in [0.25, 0.3) is 0 Å². The van der Waals surface area contributed by atoms with E-state index in [0.29, 0.717) is 31.2 Å². The summed E-state index contributed by atoms with van der Waals surface area (Å²) >= 11 is 6.14. The van der Waals surface area contributed by atoms with E-state index in [-0.39, 0.29) is 15.8 Å². The summed E-state index contributed by atoms with van der Waals surface area (Å²) in [5.74, 6) is -0.248. The fourth-order valence-corrected chi connectivity index (χ4v) is 5.94. The lowest BCUT2D eigenvalue weighted by atomic mass is 10.2. The lowest BCUT2D eigenvalue weighted by Gasteiger charge is -2.20. The van der Waals surface area contributed by atoms with Crippen LogP contribution in [-0.4, -0.2) is 57.4 Å². The highest BCUT2D eigenvalue weighted by Gasteiger charge is 2.30. The number of sulfonamides is 1. The lowest BCUT2D eigenvalue weighted by Crippen LogP contribution is -3.14. The van der Waals surface area contributed by atoms with Crippen molar-refractivity contribution in [2.45, 2.75) is 43.5 Å². The van der Waals surface area contributed by atoms with Crippen LogP contribution in [0, 0.1) is 0 Å². The maximum Gasteiger partial charge on any atom is 0.251 e. The Morgan fingerprint density at radius 1 is 1.31 bits per heavy atom. The average molecular weight is 401 g/mol. The number of amides is 1. The minimum Gasteiger partial charge on any atom is -0.346 e. The Kier molecular flexibility index (Phi) is 6.22. The first-order chi connectivity index (χ1) is 12.4. The zero-order chi connectivity index (χ0) is 18.7. The fraction of sp³-hybridized carbons (Fsp3) is 0.611. The van der Waals surface area contributed by atoms with Crippen molar-refractivity contribution in [3.05, 3.63) is 28.8 Å². The van der Waals surface area contributed by atoms with Gasteiger partial charge in [0.25, 0.3) is 5.91 Å². The zero-order valence-electron chi connectivity index (χ0n) is 15.1. The Morgan fingerprint density at radius 3 is 2.73 bits per heavy atom. The Bertz CT molecular complexity index is 763. The van der Waals surface area contributed by atoms with Crippen molar-refractivity contribution in [2.24, 2.45) is 0 Å². The van der Waals surface area contributed by atoms with E-state index in [2.05, 4.69) is 12.2 Å². The molecule has 2 atom stereocenters. The number of nitrogens with zero attached hydrogens (tertiary/aromatic N) is 1. The molecule has 26 heavy (non-hydrogen) atoms. The number of nitrogens with one attached hydrogen (secondary N) is 2. The number of quaternary nitrogens is 1. The smallest absolute Gasteiger partial charge is 0.251 e. The summed E-state index contributed by atoms with van der Waals surface area (Å²) < 4.78 is 27.0. The van der Waals surface area contributed by atoms with Gasteiger partial charge in [-0.1, -0.05) is 11.6 Å². The molecular weight excluding hydrogens is 374 g/mol. The number of rotatable bonds is 6. The molecule has 8 heteroatoms. The van der Waals surface area contributed by atoms with Gasteiger partial charge in [0, 0.05) is 31.5 Å². The van der Waals surface area contributed by atoms with E-state index in [9.17, 15) is 13.2 Å². The molecule has 2 fully saturated rings. The van der Waals surface area contributed by atoms with Crippen LogP contribution in [0.4, 0.5) is 0 Å². The Labute approximate surface area is 160 Å². The van der Waals surface area contributed by atoms with Gasteiger partial charge in [-0.05, 0) is 38.0 Å². The molecule has 0 bridgehead atoms. The van der Waals surface area contributed by atoms with Crippen LogP contribution in [-0.2, 0) is 10.0 Å². The monoisotopic (exact) mass is 400 g/mol. The van der Waals surface area contributed by atoms with Crippen LogP contribution in [0.1, 0.15) is 43.0 Å². The van der Waals surface area contributed by atoms with Crippen LogP contribution in [0.15, 0.2) is 23.1 Å². The van der Waals surface area contributed by atoms with Crippen LogP contribution in [0.3, 0.4) is 0 Å². The van der Waals surface area contributed by atoms with E-state index < -0.39 is 10.0 Å². The molecule has 1 aromatic carbocycles. The SMILES string of the molecule is CC[NH+]1CCC[C@H]1CNC(=O)c1ccc(Cl)c(S(=O)(=O)N2CCCC2)c1. The number of halogens is 1. The molecule has 0 radical (unpaired) electrons. The maximum atomic E-state index is 12.8. The molecule has 6 nitrogen and oxygen atoms in total. The summed E-state index contributed by atoms with van der Waals surface area (Å²) in [6.45, 7) is 5.98. The Balaban J connectivity index is 1.73. The molecule has 2 aliphatic heterocycles. The molecule has 2 heterocycles. The van der Waals surface area contributed by atoms with Crippen molar-refractivity contribution in [1.82, 2.24) is 9.62 Å². The molecular formula is C18H27ClN3O3S+. The van der Waals surface area contributed by atoms with Crippen LogP contribution < -0.4 is 10.2 Å². The number of hydrogen-bond acceptors (Lipinski definition) is 3. The quantitative estimate of drug-likeness (QED) is 0.746. The largest absolute Gasteiger partial charge is 0.346 e. The fourth-order valence-electron chi connectivity index (χ4n) is 3.92. The summed E-state index contributed by atoms with van der Waals surface area (Å²) in [5, 5.41) is 3.12. The van der Waals surface area contributed by atoms with E-state index in [1.54, 1.807) is 6.07 Å². The third-order valence-corrected chi connectivity index (χ3v) is 7.85. The van der Waals surface area contributed by atoms with Gasteiger partial charge >= 0.3 is 0 Å². The third kappa shape index (κ3) is 4.06. The summed E-state index contributed by atoms with van der Waals surface area (Å²) in [6.07, 6.45) is 4.00. The van der Waals surface area contributed by atoms with Crippen molar-refractivity contribution in [1.29, 1.82) is 0 Å². The van der Waals surface area contributed by atoms with Crippen molar-refractivity contribution in [3.63, 3.8) is 0 Å². The topological polar surface area (TPSA) is 70.9 Å². The van der Waals surface area contributed by atoms with Gasteiger partial charge in [0.05, 0.1) is 24.7 Å². The van der Waals surface area contributed by atoms with Crippen molar-refractivity contribution >= 4 is 27.5 Å². The van der Waals surface area contributed by atoms with Crippen LogP contribution in [0.2, 0.25) is 5.02 Å². The molecule has 2 N–H and O–H groups in total. The van der Waals surface area contributed by atoms with Crippen molar-refractivity contribution in [3.8, 4) is 0 Å². The van der Waals surface area contributed by atoms with Gasteiger partial charge in [-0.2, -0.15) is 4.31 Å². The minimum atomic E-state index is -3.65. The number of hydrogen-bond donors (Lipinski definition) is 2. The highest BCUT2D eigenvalue weighted by Crippen LogP contribution is 2.28. The Hall–Kier alpha value is -1.15. The highest BCUT2D eigenvalue weighted by molar-refractivity contribution is 7.89. The van der Waals surface area contributed by atoms with Gasteiger partial charge in [-0.15, -0.1) is 0 Å². The predicted octanol–water partition coefficient (Wildman–Crippen LogP) is 0.922. The zero-order valence-corrected chi connectivity index (χ0v) is 16.7. The van der Waals surface area contributed by atoms with Gasteiger partial charge in [0.1, 0.15) is 10.9 Å². The number of carbonyl (C=O) groups is 1. The molecule has 144 valence electrons. The number of benzene rings is 1. The molecule has 2 aliphatic rings. The summed E-state index contributed by atoms with van der Waals surface area (Å²) in [4.78, 5) is 14.1. The molecule has 0 saturated carbocycles. The molecule has 1 unspecified atom stereocenters. The second-order valence-corrected chi connectivity index (χ2v) is 9.38. The summed E-state index contributed by atoms with van der Waals surface area (Å²) in [7, 11) is -3.65. The highest BCUT2D eigenvalue weighted by atomic mass is 35.5. The molecule has 1 aromatic rings. The standard InChI is InChI=1S/C18H26ClN3O3S/c1-2-21-9-5-6-15(21)13-20-18(23)14-7-8-16(19)17(12-14)26(24,25)22-10-3-4-11-22/h7-8,12,15H,2-6,9-11,13H2,1H3,(H,20,23)/p+1/t15-/m0/s1. The average Bonchev–Trinajstić information content (AvgIpc) is 3.31. The molecule has 0 spiro atoms. The van der Waals surface area contributed by atoms with E-state index in [1.807, 2.05) is 0 Å². The summed E-state index contributed by atoms with van der Waals surface area (Å²) in [5.41, 5.74) is 0.336. The molecule has 3 rings (SSSR count). The van der Waals surface area contributed by atoms with Gasteiger partial charge in [-0.3, -0.25) is 4.79 Å². The molecule has 1 amide bonds. The van der Waals surface area contributed by atoms with Gasteiger partial charge < -0.3 is 10.2 Å². The van der Waals surface area contributed by atoms with E-state index in [4.69, 9.17) is 11.6 Å². The van der Waals surface area contributed by atoms with Crippen molar-refractivity contribution < 1.29 is 18.1 Å². The Morgan fingerprint density at radius 2 is 2.04 bits per heavy atom. The minimum absolute atomic E-state index is 0.0235. The van der Waals surface area contributed by atoms with Crippen LogP contribution in [0.5, 0.6) is 0 Å². The second kappa shape index (κ2) is 8.25. The van der Waals surface area contributed by atoms with Crippen molar-refractivity contribution in [2.75, 3.05) is 32.7 Å². The molecule has 0 aromatic heterocycles. The van der Waals surface area contributed by atoms with E-state index >= 15 is 0 Å². The van der Waals surface area contributed by atoms with Gasteiger partial charge in [0.15, 0.2) is 0 Å². The second-order valence-electron chi connectivity index (χ2n) is 7.07.